The van der Waals surface area contributed by atoms with Gasteiger partial charge in [-0.05, 0) is 45.2 Å². The van der Waals surface area contributed by atoms with Crippen LogP contribution in [-0.4, -0.2) is 43.4 Å². The van der Waals surface area contributed by atoms with E-state index in [-0.39, 0.29) is 10.8 Å². The van der Waals surface area contributed by atoms with Crippen LogP contribution in [0.2, 0.25) is 0 Å². The van der Waals surface area contributed by atoms with Gasteiger partial charge in [0.15, 0.2) is 5.76 Å². The maximum Gasteiger partial charge on any atom is 0.248 e. The monoisotopic (exact) mass is 389 g/mol. The van der Waals surface area contributed by atoms with Gasteiger partial charge in [0.1, 0.15) is 10.6 Å². The number of para-hydroxylation sites is 1. The maximum absolute atomic E-state index is 13.2. The molecular formula is C19H23N3O4S. The topological polar surface area (TPSA) is 83.7 Å². The molecule has 27 heavy (non-hydrogen) atoms. The van der Waals surface area contributed by atoms with Crippen molar-refractivity contribution in [1.29, 1.82) is 0 Å². The number of anilines is 1. The van der Waals surface area contributed by atoms with Crippen molar-refractivity contribution in [3.8, 4) is 0 Å². The highest BCUT2D eigenvalue weighted by molar-refractivity contribution is 7.89. The number of likely N-dealkylation sites (N-methyl/N-ethyl adjacent to an activating group) is 1. The SMILES string of the molecule is CCN1C(=O)C2(CCN(S(=O)(=O)c3c(C)noc3C)CC2)c2ccccc21. The number of hydrogen-bond acceptors (Lipinski definition) is 5. The Morgan fingerprint density at radius 1 is 1.19 bits per heavy atom. The zero-order valence-electron chi connectivity index (χ0n) is 15.7. The van der Waals surface area contributed by atoms with Crippen molar-refractivity contribution in [2.75, 3.05) is 24.5 Å². The lowest BCUT2D eigenvalue weighted by atomic mass is 9.74. The number of aryl methyl sites for hydroxylation is 2. The normalized spacial score (nSPS) is 19.7. The summed E-state index contributed by atoms with van der Waals surface area (Å²) >= 11 is 0. The molecule has 0 atom stereocenters. The number of nitrogens with zero attached hydrogens (tertiary/aromatic N) is 3. The Balaban J connectivity index is 1.66. The first-order valence-electron chi connectivity index (χ1n) is 9.17. The van der Waals surface area contributed by atoms with Gasteiger partial charge in [-0.1, -0.05) is 23.4 Å². The summed E-state index contributed by atoms with van der Waals surface area (Å²) in [6.07, 6.45) is 0.948. The van der Waals surface area contributed by atoms with E-state index < -0.39 is 15.4 Å². The fourth-order valence-electron chi connectivity index (χ4n) is 4.47. The number of benzene rings is 1. The van der Waals surface area contributed by atoms with Crippen molar-refractivity contribution in [3.05, 3.63) is 41.3 Å². The second-order valence-electron chi connectivity index (χ2n) is 7.21. The van der Waals surface area contributed by atoms with E-state index in [0.717, 1.165) is 11.3 Å². The molecule has 0 bridgehead atoms. The van der Waals surface area contributed by atoms with E-state index >= 15 is 0 Å². The number of piperidine rings is 1. The average Bonchev–Trinajstić information content (AvgIpc) is 3.11. The molecule has 1 saturated heterocycles. The van der Waals surface area contributed by atoms with E-state index in [1.54, 1.807) is 13.8 Å². The van der Waals surface area contributed by atoms with Crippen molar-refractivity contribution >= 4 is 21.6 Å². The molecule has 0 unspecified atom stereocenters. The second-order valence-corrected chi connectivity index (χ2v) is 9.08. The molecule has 7 nitrogen and oxygen atoms in total. The van der Waals surface area contributed by atoms with Gasteiger partial charge in [-0.2, -0.15) is 4.31 Å². The molecule has 4 rings (SSSR count). The van der Waals surface area contributed by atoms with Crippen molar-refractivity contribution in [1.82, 2.24) is 9.46 Å². The van der Waals surface area contributed by atoms with Crippen molar-refractivity contribution in [2.24, 2.45) is 0 Å². The lowest BCUT2D eigenvalue weighted by molar-refractivity contribution is -0.124. The molecule has 2 aliphatic rings. The van der Waals surface area contributed by atoms with Crippen molar-refractivity contribution in [3.63, 3.8) is 0 Å². The molecule has 1 aromatic heterocycles. The number of amides is 1. The molecule has 0 N–H and O–H groups in total. The summed E-state index contributed by atoms with van der Waals surface area (Å²) in [6, 6.07) is 7.85. The minimum Gasteiger partial charge on any atom is -0.360 e. The summed E-state index contributed by atoms with van der Waals surface area (Å²) < 4.78 is 32.6. The van der Waals surface area contributed by atoms with Crippen molar-refractivity contribution in [2.45, 2.75) is 43.9 Å². The predicted octanol–water partition coefficient (Wildman–Crippen LogP) is 2.38. The van der Waals surface area contributed by atoms with Gasteiger partial charge in [0.25, 0.3) is 0 Å². The molecule has 8 heteroatoms. The Morgan fingerprint density at radius 3 is 2.44 bits per heavy atom. The first kappa shape index (κ1) is 18.2. The summed E-state index contributed by atoms with van der Waals surface area (Å²) in [5, 5.41) is 3.77. The Bertz CT molecular complexity index is 984. The number of rotatable bonds is 3. The molecule has 1 fully saturated rings. The van der Waals surface area contributed by atoms with Crippen LogP contribution in [0.3, 0.4) is 0 Å². The standard InChI is InChI=1S/C19H23N3O4S/c1-4-22-16-8-6-5-7-15(16)19(18(22)23)9-11-21(12-10-19)27(24,25)17-13(2)20-26-14(17)3/h5-8H,4,9-12H2,1-3H3. The lowest BCUT2D eigenvalue weighted by Gasteiger charge is -2.37. The predicted molar refractivity (Wildman–Crippen MR) is 100 cm³/mol. The van der Waals surface area contributed by atoms with Crippen LogP contribution >= 0.6 is 0 Å². The third-order valence-electron chi connectivity index (χ3n) is 5.82. The first-order valence-corrected chi connectivity index (χ1v) is 10.6. The van der Waals surface area contributed by atoms with E-state index in [1.807, 2.05) is 36.1 Å². The molecule has 0 aliphatic carbocycles. The van der Waals surface area contributed by atoms with Gasteiger partial charge in [0.05, 0.1) is 5.41 Å². The molecule has 0 radical (unpaired) electrons. The summed E-state index contributed by atoms with van der Waals surface area (Å²) in [4.78, 5) is 15.2. The van der Waals surface area contributed by atoms with E-state index in [4.69, 9.17) is 4.52 Å². The smallest absolute Gasteiger partial charge is 0.248 e. The Morgan fingerprint density at radius 2 is 1.85 bits per heavy atom. The van der Waals surface area contributed by atoms with E-state index in [0.29, 0.717) is 43.9 Å². The molecule has 1 spiro atoms. The van der Waals surface area contributed by atoms with Crippen LogP contribution in [0.5, 0.6) is 0 Å². The van der Waals surface area contributed by atoms with Crippen LogP contribution in [0.25, 0.3) is 0 Å². The summed E-state index contributed by atoms with van der Waals surface area (Å²) in [6.45, 7) is 6.40. The highest BCUT2D eigenvalue weighted by Gasteiger charge is 2.52. The van der Waals surface area contributed by atoms with Gasteiger partial charge in [-0.15, -0.1) is 0 Å². The van der Waals surface area contributed by atoms with Gasteiger partial charge in [-0.3, -0.25) is 4.79 Å². The summed E-state index contributed by atoms with van der Waals surface area (Å²) in [7, 11) is -3.69. The molecule has 144 valence electrons. The van der Waals surface area contributed by atoms with E-state index in [1.165, 1.54) is 4.31 Å². The number of sulfonamides is 1. The maximum atomic E-state index is 13.2. The first-order chi connectivity index (χ1) is 12.8. The largest absolute Gasteiger partial charge is 0.360 e. The molecule has 0 saturated carbocycles. The van der Waals surface area contributed by atoms with Crippen LogP contribution in [0.15, 0.2) is 33.7 Å². The lowest BCUT2D eigenvalue weighted by Crippen LogP contribution is -2.50. The fraction of sp³-hybridized carbons (Fsp3) is 0.474. The quantitative estimate of drug-likeness (QED) is 0.805. The molecule has 2 aromatic rings. The van der Waals surface area contributed by atoms with Gasteiger partial charge in [0.2, 0.25) is 15.9 Å². The third-order valence-corrected chi connectivity index (χ3v) is 7.97. The minimum atomic E-state index is -3.69. The van der Waals surface area contributed by atoms with Crippen LogP contribution in [-0.2, 0) is 20.2 Å². The van der Waals surface area contributed by atoms with Crippen molar-refractivity contribution < 1.29 is 17.7 Å². The van der Waals surface area contributed by atoms with E-state index in [2.05, 4.69) is 5.16 Å². The van der Waals surface area contributed by atoms with E-state index in [9.17, 15) is 13.2 Å². The van der Waals surface area contributed by atoms with Gasteiger partial charge < -0.3 is 9.42 Å². The van der Waals surface area contributed by atoms with Crippen LogP contribution in [0, 0.1) is 13.8 Å². The number of aromatic nitrogens is 1. The molecular weight excluding hydrogens is 366 g/mol. The number of carbonyl (C=O) groups is 1. The Kier molecular flexibility index (Phi) is 4.16. The Hall–Kier alpha value is -2.19. The summed E-state index contributed by atoms with van der Waals surface area (Å²) in [5.41, 5.74) is 1.71. The third kappa shape index (κ3) is 2.46. The number of carbonyl (C=O) groups excluding carboxylic acids is 1. The molecule has 1 amide bonds. The van der Waals surface area contributed by atoms with Gasteiger partial charge in [0, 0.05) is 25.3 Å². The zero-order valence-corrected chi connectivity index (χ0v) is 16.5. The molecule has 2 aliphatic heterocycles. The fourth-order valence-corrected chi connectivity index (χ4v) is 6.21. The number of hydrogen-bond donors (Lipinski definition) is 0. The number of fused-ring (bicyclic) bond motifs is 2. The van der Waals surface area contributed by atoms with Gasteiger partial charge >= 0.3 is 0 Å². The van der Waals surface area contributed by atoms with Crippen LogP contribution in [0.1, 0.15) is 36.8 Å². The van der Waals surface area contributed by atoms with Crippen LogP contribution < -0.4 is 4.90 Å². The minimum absolute atomic E-state index is 0.0839. The highest BCUT2D eigenvalue weighted by Crippen LogP contribution is 2.48. The molecule has 1 aromatic carbocycles. The highest BCUT2D eigenvalue weighted by atomic mass is 32.2. The summed E-state index contributed by atoms with van der Waals surface area (Å²) in [5.74, 6) is 0.382. The average molecular weight is 389 g/mol. The van der Waals surface area contributed by atoms with Gasteiger partial charge in [-0.25, -0.2) is 8.42 Å². The zero-order chi connectivity index (χ0) is 19.4. The Labute approximate surface area is 159 Å². The second kappa shape index (κ2) is 6.17. The van der Waals surface area contributed by atoms with Crippen LogP contribution in [0.4, 0.5) is 5.69 Å². The molecule has 3 heterocycles.